The molecular formula is C8HCl5F3NO2. The third kappa shape index (κ3) is 3.64. The van der Waals surface area contributed by atoms with Crippen LogP contribution in [0.25, 0.3) is 0 Å². The summed E-state index contributed by atoms with van der Waals surface area (Å²) in [6, 6.07) is 0. The first-order valence-electron chi connectivity index (χ1n) is 4.12. The minimum absolute atomic E-state index is 0.189. The molecule has 0 aliphatic heterocycles. The van der Waals surface area contributed by atoms with Crippen molar-refractivity contribution in [1.29, 1.82) is 0 Å². The fourth-order valence-corrected chi connectivity index (χ4v) is 2.07. The molecule has 0 fully saturated rings. The van der Waals surface area contributed by atoms with Crippen molar-refractivity contribution in [2.45, 2.75) is 6.18 Å². The Bertz CT molecular complexity index is 505. The minimum Gasteiger partial charge on any atom is -0.335 e. The maximum Gasteiger partial charge on any atom is 0.493 e. The number of alkyl halides is 3. The van der Waals surface area contributed by atoms with Crippen LogP contribution in [0.1, 0.15) is 0 Å². The smallest absolute Gasteiger partial charge is 0.335 e. The molecule has 19 heavy (non-hydrogen) atoms. The molecule has 3 nitrogen and oxygen atoms in total. The summed E-state index contributed by atoms with van der Waals surface area (Å²) >= 11 is 28.3. The van der Waals surface area contributed by atoms with Crippen LogP contribution in [-0.2, 0) is 9.63 Å². The van der Waals surface area contributed by atoms with E-state index in [4.69, 9.17) is 58.0 Å². The Hall–Kier alpha value is -0.270. The number of nitrogens with one attached hydrogen (secondary N) is 1. The Morgan fingerprint density at radius 2 is 1.26 bits per heavy atom. The number of carbonyl (C=O) groups is 1. The third-order valence-corrected chi connectivity index (χ3v) is 3.96. The van der Waals surface area contributed by atoms with Crippen molar-refractivity contribution < 1.29 is 22.8 Å². The van der Waals surface area contributed by atoms with Crippen LogP contribution in [0.4, 0.5) is 18.9 Å². The molecular weight excluding hydrogens is 376 g/mol. The van der Waals surface area contributed by atoms with Crippen LogP contribution < -0.4 is 5.48 Å². The first-order valence-corrected chi connectivity index (χ1v) is 6.01. The van der Waals surface area contributed by atoms with Gasteiger partial charge in [0.2, 0.25) is 0 Å². The highest BCUT2D eigenvalue weighted by atomic mass is 35.5. The van der Waals surface area contributed by atoms with Gasteiger partial charge in [-0.25, -0.2) is 10.3 Å². The SMILES string of the molecule is O=C(ONc1c(Cl)c(Cl)c(Cl)c(Cl)c1Cl)C(F)(F)F. The number of hydrogen-bond acceptors (Lipinski definition) is 3. The Kier molecular flexibility index (Phi) is 5.31. The molecule has 1 aromatic carbocycles. The van der Waals surface area contributed by atoms with Gasteiger partial charge >= 0.3 is 12.1 Å². The van der Waals surface area contributed by atoms with E-state index in [2.05, 4.69) is 4.84 Å². The van der Waals surface area contributed by atoms with Crippen molar-refractivity contribution in [3.05, 3.63) is 25.1 Å². The van der Waals surface area contributed by atoms with Gasteiger partial charge in [0, 0.05) is 0 Å². The van der Waals surface area contributed by atoms with Gasteiger partial charge in [0.05, 0.1) is 25.1 Å². The van der Waals surface area contributed by atoms with Gasteiger partial charge in [0.15, 0.2) is 0 Å². The second-order valence-electron chi connectivity index (χ2n) is 2.93. The van der Waals surface area contributed by atoms with E-state index in [9.17, 15) is 18.0 Å². The maximum atomic E-state index is 11.9. The third-order valence-electron chi connectivity index (χ3n) is 1.69. The normalized spacial score (nSPS) is 11.4. The lowest BCUT2D eigenvalue weighted by Crippen LogP contribution is -2.27. The summed E-state index contributed by atoms with van der Waals surface area (Å²) in [6.07, 6.45) is -5.19. The molecule has 0 radical (unpaired) electrons. The number of carbonyl (C=O) groups excluding carboxylic acids is 1. The predicted octanol–water partition coefficient (Wildman–Crippen LogP) is 5.39. The van der Waals surface area contributed by atoms with E-state index in [-0.39, 0.29) is 25.1 Å². The Morgan fingerprint density at radius 1 is 0.895 bits per heavy atom. The summed E-state index contributed by atoms with van der Waals surface area (Å²) in [5.41, 5.74) is 1.22. The van der Waals surface area contributed by atoms with Crippen molar-refractivity contribution in [1.82, 2.24) is 0 Å². The quantitative estimate of drug-likeness (QED) is 0.427. The molecule has 0 atom stereocenters. The molecule has 0 saturated heterocycles. The van der Waals surface area contributed by atoms with Crippen molar-refractivity contribution in [3.63, 3.8) is 0 Å². The van der Waals surface area contributed by atoms with Gasteiger partial charge in [-0.1, -0.05) is 58.0 Å². The first-order chi connectivity index (χ1) is 8.57. The van der Waals surface area contributed by atoms with Gasteiger partial charge in [0.25, 0.3) is 0 Å². The average Bonchev–Trinajstić information content (AvgIpc) is 2.32. The van der Waals surface area contributed by atoms with Crippen molar-refractivity contribution in [2.24, 2.45) is 0 Å². The second-order valence-corrected chi connectivity index (χ2v) is 4.82. The van der Waals surface area contributed by atoms with Gasteiger partial charge in [-0.3, -0.25) is 0 Å². The summed E-state index contributed by atoms with van der Waals surface area (Å²) in [4.78, 5) is 14.3. The van der Waals surface area contributed by atoms with Gasteiger partial charge in [-0.2, -0.15) is 13.2 Å². The molecule has 0 amide bonds. The molecule has 0 aromatic heterocycles. The molecule has 106 valence electrons. The second kappa shape index (κ2) is 6.01. The van der Waals surface area contributed by atoms with Crippen LogP contribution in [-0.4, -0.2) is 12.1 Å². The molecule has 0 spiro atoms. The molecule has 0 aliphatic carbocycles. The monoisotopic (exact) mass is 375 g/mol. The highest BCUT2D eigenvalue weighted by Gasteiger charge is 2.42. The van der Waals surface area contributed by atoms with Crippen LogP contribution in [0.3, 0.4) is 0 Å². The average molecular weight is 377 g/mol. The molecule has 1 aromatic rings. The summed E-state index contributed by atoms with van der Waals surface area (Å²) in [6.45, 7) is 0. The standard InChI is InChI=1S/C8HCl5F3NO2/c9-1-2(10)4(12)6(5(13)3(1)11)17-19-7(18)8(14,15)16/h17H. The van der Waals surface area contributed by atoms with E-state index in [0.29, 0.717) is 0 Å². The zero-order chi connectivity index (χ0) is 15.0. The van der Waals surface area contributed by atoms with Crippen LogP contribution in [0.2, 0.25) is 25.1 Å². The van der Waals surface area contributed by atoms with Crippen LogP contribution in [0, 0.1) is 0 Å². The van der Waals surface area contributed by atoms with E-state index < -0.39 is 17.8 Å². The lowest BCUT2D eigenvalue weighted by atomic mass is 10.3. The Morgan fingerprint density at radius 3 is 1.63 bits per heavy atom. The van der Waals surface area contributed by atoms with E-state index >= 15 is 0 Å². The molecule has 1 N–H and O–H groups in total. The topological polar surface area (TPSA) is 38.3 Å². The Labute approximate surface area is 129 Å². The zero-order valence-electron chi connectivity index (χ0n) is 8.34. The van der Waals surface area contributed by atoms with Crippen LogP contribution >= 0.6 is 58.0 Å². The number of halogens is 8. The van der Waals surface area contributed by atoms with E-state index in [0.717, 1.165) is 0 Å². The lowest BCUT2D eigenvalue weighted by Gasteiger charge is -2.14. The lowest BCUT2D eigenvalue weighted by molar-refractivity contribution is -0.196. The summed E-state index contributed by atoms with van der Waals surface area (Å²) in [5.74, 6) is -2.50. The fraction of sp³-hybridized carbons (Fsp3) is 0.125. The summed E-state index contributed by atoms with van der Waals surface area (Å²) in [7, 11) is 0. The molecule has 1 rings (SSSR count). The largest absolute Gasteiger partial charge is 0.493 e. The Balaban J connectivity index is 3.07. The number of benzene rings is 1. The van der Waals surface area contributed by atoms with Gasteiger partial charge in [0.1, 0.15) is 5.69 Å². The zero-order valence-corrected chi connectivity index (χ0v) is 12.1. The molecule has 11 heteroatoms. The molecule has 0 unspecified atom stereocenters. The number of hydrogen-bond donors (Lipinski definition) is 1. The minimum atomic E-state index is -5.19. The van der Waals surface area contributed by atoms with E-state index in [1.165, 1.54) is 0 Å². The van der Waals surface area contributed by atoms with Crippen LogP contribution in [0.15, 0.2) is 0 Å². The van der Waals surface area contributed by atoms with E-state index in [1.807, 2.05) is 0 Å². The van der Waals surface area contributed by atoms with Gasteiger partial charge in [-0.15, -0.1) is 0 Å². The van der Waals surface area contributed by atoms with Crippen molar-refractivity contribution >= 4 is 69.7 Å². The van der Waals surface area contributed by atoms with Gasteiger partial charge in [-0.05, 0) is 0 Å². The highest BCUT2D eigenvalue weighted by molar-refractivity contribution is 6.56. The number of anilines is 1. The molecule has 0 saturated carbocycles. The predicted molar refractivity (Wildman–Crippen MR) is 67.3 cm³/mol. The van der Waals surface area contributed by atoms with Crippen molar-refractivity contribution in [2.75, 3.05) is 5.48 Å². The molecule has 0 heterocycles. The maximum absolute atomic E-state index is 11.9. The molecule has 0 bridgehead atoms. The summed E-state index contributed by atoms with van der Waals surface area (Å²) < 4.78 is 35.8. The molecule has 0 aliphatic rings. The number of rotatable bonds is 2. The van der Waals surface area contributed by atoms with E-state index in [1.54, 1.807) is 5.48 Å². The fourth-order valence-electron chi connectivity index (χ4n) is 0.850. The van der Waals surface area contributed by atoms with Crippen molar-refractivity contribution in [3.8, 4) is 0 Å². The summed E-state index contributed by atoms with van der Waals surface area (Å²) in [5, 5.41) is -1.41. The van der Waals surface area contributed by atoms with Crippen LogP contribution in [0.5, 0.6) is 0 Å². The first kappa shape index (κ1) is 16.8. The highest BCUT2D eigenvalue weighted by Crippen LogP contribution is 2.46. The van der Waals surface area contributed by atoms with Gasteiger partial charge < -0.3 is 4.84 Å².